The van der Waals surface area contributed by atoms with Crippen LogP contribution in [0, 0.1) is 0 Å². The van der Waals surface area contributed by atoms with Crippen molar-refractivity contribution < 1.29 is 0 Å². The Balaban J connectivity index is 0. The lowest BCUT2D eigenvalue weighted by Gasteiger charge is -2.16. The van der Waals surface area contributed by atoms with Crippen LogP contribution in [0.3, 0.4) is 0 Å². The van der Waals surface area contributed by atoms with Crippen LogP contribution in [0.25, 0.3) is 0 Å². The second kappa shape index (κ2) is 10.4. The van der Waals surface area contributed by atoms with Crippen molar-refractivity contribution >= 4 is 0 Å². The summed E-state index contributed by atoms with van der Waals surface area (Å²) in [4.78, 5) is 0. The zero-order valence-corrected chi connectivity index (χ0v) is 13.3. The first-order valence-corrected chi connectivity index (χ1v) is 7.04. The Labute approximate surface area is 110 Å². The van der Waals surface area contributed by atoms with E-state index in [-0.39, 0.29) is 0 Å². The molecule has 17 heavy (non-hydrogen) atoms. The smallest absolute Gasteiger partial charge is 0.0302 e. The average Bonchev–Trinajstić information content (AvgIpc) is 2.32. The molecule has 0 heterocycles. The molecule has 0 rings (SSSR count). The van der Waals surface area contributed by atoms with Crippen LogP contribution in [0.5, 0.6) is 0 Å². The van der Waals surface area contributed by atoms with E-state index in [4.69, 9.17) is 0 Å². The molecule has 0 spiro atoms. The van der Waals surface area contributed by atoms with Gasteiger partial charge in [-0.05, 0) is 56.8 Å². The van der Waals surface area contributed by atoms with Crippen molar-refractivity contribution in [2.45, 2.75) is 74.7 Å². The standard InChI is InChI=1S/C15H26.C2H6/c1-8-12(6)15(10-3)13(7)14(9-2)11(4)5;1-2/h6,8-10H2,1-5,7H3;1-2H3/b15-13-;. The van der Waals surface area contributed by atoms with Gasteiger partial charge in [0.1, 0.15) is 0 Å². The first-order valence-electron chi connectivity index (χ1n) is 7.04. The number of rotatable bonds is 5. The summed E-state index contributed by atoms with van der Waals surface area (Å²) in [5.74, 6) is 0. The highest BCUT2D eigenvalue weighted by Gasteiger charge is 2.07. The van der Waals surface area contributed by atoms with Gasteiger partial charge in [-0.3, -0.25) is 0 Å². The molecule has 0 aliphatic rings. The van der Waals surface area contributed by atoms with E-state index >= 15 is 0 Å². The van der Waals surface area contributed by atoms with Crippen LogP contribution in [0.1, 0.15) is 74.7 Å². The van der Waals surface area contributed by atoms with Crippen LogP contribution in [-0.2, 0) is 0 Å². The Kier molecular flexibility index (Phi) is 11.3. The van der Waals surface area contributed by atoms with Gasteiger partial charge in [-0.15, -0.1) is 0 Å². The second-order valence-corrected chi connectivity index (χ2v) is 4.25. The van der Waals surface area contributed by atoms with E-state index < -0.39 is 0 Å². The lowest BCUT2D eigenvalue weighted by Crippen LogP contribution is -1.96. The fourth-order valence-electron chi connectivity index (χ4n) is 2.17. The predicted molar refractivity (Wildman–Crippen MR) is 82.4 cm³/mol. The van der Waals surface area contributed by atoms with Crippen molar-refractivity contribution in [3.05, 3.63) is 34.4 Å². The number of hydrogen-bond acceptors (Lipinski definition) is 0. The third-order valence-electron chi connectivity index (χ3n) is 3.07. The summed E-state index contributed by atoms with van der Waals surface area (Å²) >= 11 is 0. The lowest BCUT2D eigenvalue weighted by atomic mass is 9.90. The van der Waals surface area contributed by atoms with E-state index in [0.29, 0.717) is 0 Å². The summed E-state index contributed by atoms with van der Waals surface area (Å²) in [6.45, 7) is 21.4. The molecule has 0 aliphatic heterocycles. The molecule has 0 heteroatoms. The molecule has 0 aromatic carbocycles. The van der Waals surface area contributed by atoms with Gasteiger partial charge in [0.25, 0.3) is 0 Å². The van der Waals surface area contributed by atoms with Gasteiger partial charge in [0.05, 0.1) is 0 Å². The predicted octanol–water partition coefficient (Wildman–Crippen LogP) is 6.45. The second-order valence-electron chi connectivity index (χ2n) is 4.25. The van der Waals surface area contributed by atoms with Crippen molar-refractivity contribution in [2.24, 2.45) is 0 Å². The molecular formula is C17H32. The molecule has 0 aromatic rings. The fourth-order valence-corrected chi connectivity index (χ4v) is 2.17. The molecule has 0 radical (unpaired) electrons. The van der Waals surface area contributed by atoms with Crippen molar-refractivity contribution in [2.75, 3.05) is 0 Å². The van der Waals surface area contributed by atoms with Crippen LogP contribution in [-0.4, -0.2) is 0 Å². The van der Waals surface area contributed by atoms with E-state index in [1.54, 1.807) is 0 Å². The van der Waals surface area contributed by atoms with Gasteiger partial charge < -0.3 is 0 Å². The van der Waals surface area contributed by atoms with Gasteiger partial charge in [0.2, 0.25) is 0 Å². The highest BCUT2D eigenvalue weighted by atomic mass is 14.1. The van der Waals surface area contributed by atoms with Gasteiger partial charge >= 0.3 is 0 Å². The fraction of sp³-hybridized carbons (Fsp3) is 0.647. The first-order chi connectivity index (χ1) is 7.99. The van der Waals surface area contributed by atoms with E-state index in [0.717, 1.165) is 19.3 Å². The molecular weight excluding hydrogens is 204 g/mol. The Morgan fingerprint density at radius 2 is 1.18 bits per heavy atom. The topological polar surface area (TPSA) is 0 Å². The van der Waals surface area contributed by atoms with Gasteiger partial charge in [-0.2, -0.15) is 0 Å². The van der Waals surface area contributed by atoms with Crippen molar-refractivity contribution in [1.29, 1.82) is 0 Å². The van der Waals surface area contributed by atoms with E-state index in [9.17, 15) is 0 Å². The zero-order chi connectivity index (χ0) is 14.0. The monoisotopic (exact) mass is 236 g/mol. The summed E-state index contributed by atoms with van der Waals surface area (Å²) < 4.78 is 0. The van der Waals surface area contributed by atoms with Gasteiger partial charge in [-0.1, -0.05) is 52.3 Å². The Bertz CT molecular complexity index is 283. The maximum Gasteiger partial charge on any atom is -0.0302 e. The molecule has 0 aliphatic carbocycles. The first kappa shape index (κ1) is 18.6. The van der Waals surface area contributed by atoms with Crippen molar-refractivity contribution in [1.82, 2.24) is 0 Å². The van der Waals surface area contributed by atoms with E-state index in [2.05, 4.69) is 48.1 Å². The Hall–Kier alpha value is -0.780. The minimum atomic E-state index is 1.06. The lowest BCUT2D eigenvalue weighted by molar-refractivity contribution is 0.974. The van der Waals surface area contributed by atoms with Gasteiger partial charge in [-0.25, -0.2) is 0 Å². The summed E-state index contributed by atoms with van der Waals surface area (Å²) in [6, 6.07) is 0. The molecule has 0 N–H and O–H groups in total. The Morgan fingerprint density at radius 1 is 0.765 bits per heavy atom. The van der Waals surface area contributed by atoms with Crippen LogP contribution in [0.15, 0.2) is 34.4 Å². The van der Waals surface area contributed by atoms with Crippen LogP contribution < -0.4 is 0 Å². The Morgan fingerprint density at radius 3 is 1.41 bits per heavy atom. The van der Waals surface area contributed by atoms with Crippen molar-refractivity contribution in [3.63, 3.8) is 0 Å². The maximum absolute atomic E-state index is 4.16. The molecule has 0 fully saturated rings. The molecule has 0 saturated carbocycles. The molecule has 0 aromatic heterocycles. The molecule has 0 unspecified atom stereocenters. The zero-order valence-electron chi connectivity index (χ0n) is 13.3. The summed E-state index contributed by atoms with van der Waals surface area (Å²) in [6.07, 6.45) is 3.27. The highest BCUT2D eigenvalue weighted by Crippen LogP contribution is 2.27. The van der Waals surface area contributed by atoms with Crippen LogP contribution >= 0.6 is 0 Å². The summed E-state index contributed by atoms with van der Waals surface area (Å²) in [5, 5.41) is 0. The number of allylic oxidation sites excluding steroid dienone is 5. The van der Waals surface area contributed by atoms with Gasteiger partial charge in [0.15, 0.2) is 0 Å². The number of hydrogen-bond donors (Lipinski definition) is 0. The molecule has 0 amide bonds. The van der Waals surface area contributed by atoms with Gasteiger partial charge in [0, 0.05) is 0 Å². The quantitative estimate of drug-likeness (QED) is 0.481. The summed E-state index contributed by atoms with van der Waals surface area (Å²) in [7, 11) is 0. The third-order valence-corrected chi connectivity index (χ3v) is 3.07. The normalized spacial score (nSPS) is 11.1. The maximum atomic E-state index is 4.16. The molecule has 0 saturated heterocycles. The molecule has 0 nitrogen and oxygen atoms in total. The average molecular weight is 236 g/mol. The third kappa shape index (κ3) is 5.91. The van der Waals surface area contributed by atoms with Crippen molar-refractivity contribution in [3.8, 4) is 0 Å². The van der Waals surface area contributed by atoms with E-state index in [1.165, 1.54) is 27.9 Å². The summed E-state index contributed by atoms with van der Waals surface area (Å²) in [5.41, 5.74) is 7.14. The van der Waals surface area contributed by atoms with Crippen LogP contribution in [0.2, 0.25) is 0 Å². The SMILES string of the molecule is C=C(CC)/C(CC)=C(/C)C(CC)=C(C)C.CC. The largest absolute Gasteiger partial charge is 0.0956 e. The van der Waals surface area contributed by atoms with E-state index in [1.807, 2.05) is 13.8 Å². The minimum absolute atomic E-state index is 1.06. The minimum Gasteiger partial charge on any atom is -0.0956 e. The molecule has 100 valence electrons. The molecule has 0 bridgehead atoms. The van der Waals surface area contributed by atoms with Crippen LogP contribution in [0.4, 0.5) is 0 Å². The molecule has 0 atom stereocenters. The highest BCUT2D eigenvalue weighted by molar-refractivity contribution is 5.43.